The average Bonchev–Trinajstić information content (AvgIpc) is 2.60. The van der Waals surface area contributed by atoms with E-state index in [-0.39, 0.29) is 5.54 Å². The Morgan fingerprint density at radius 2 is 2.17 bits per heavy atom. The molecule has 2 rings (SSSR count). The van der Waals surface area contributed by atoms with Gasteiger partial charge in [0.15, 0.2) is 5.96 Å². The van der Waals surface area contributed by atoms with Crippen LogP contribution in [0.4, 0.5) is 0 Å². The standard InChI is InChI=1S/C14H27N3O/c1-11-9-13(2,3)5-6-14(11)10-16-12(15)17(14)7-8-18-4/h11H,5-10H2,1-4H3,(H2,15,16). The molecule has 1 aliphatic heterocycles. The van der Waals surface area contributed by atoms with E-state index >= 15 is 0 Å². The monoisotopic (exact) mass is 253 g/mol. The minimum atomic E-state index is 0.151. The van der Waals surface area contributed by atoms with Gasteiger partial charge in [0.1, 0.15) is 0 Å². The molecule has 18 heavy (non-hydrogen) atoms. The summed E-state index contributed by atoms with van der Waals surface area (Å²) >= 11 is 0. The van der Waals surface area contributed by atoms with E-state index < -0.39 is 0 Å². The molecule has 1 heterocycles. The van der Waals surface area contributed by atoms with Crippen LogP contribution in [0.2, 0.25) is 0 Å². The quantitative estimate of drug-likeness (QED) is 0.835. The smallest absolute Gasteiger partial charge is 0.191 e. The molecule has 0 aromatic rings. The summed E-state index contributed by atoms with van der Waals surface area (Å²) in [6.07, 6.45) is 3.69. The van der Waals surface area contributed by atoms with Crippen LogP contribution in [-0.2, 0) is 4.74 Å². The fourth-order valence-corrected chi connectivity index (χ4v) is 3.69. The Balaban J connectivity index is 2.15. The predicted octanol–water partition coefficient (Wildman–Crippen LogP) is 1.85. The molecule has 0 aromatic carbocycles. The summed E-state index contributed by atoms with van der Waals surface area (Å²) in [4.78, 5) is 6.81. The molecule has 4 nitrogen and oxygen atoms in total. The lowest BCUT2D eigenvalue weighted by atomic mass is 9.63. The highest BCUT2D eigenvalue weighted by molar-refractivity contribution is 5.81. The van der Waals surface area contributed by atoms with Crippen LogP contribution >= 0.6 is 0 Å². The van der Waals surface area contributed by atoms with Gasteiger partial charge in [-0.1, -0.05) is 20.8 Å². The number of nitrogens with zero attached hydrogens (tertiary/aromatic N) is 2. The molecule has 1 spiro atoms. The van der Waals surface area contributed by atoms with Crippen molar-refractivity contribution >= 4 is 5.96 Å². The highest BCUT2D eigenvalue weighted by Gasteiger charge is 2.50. The largest absolute Gasteiger partial charge is 0.383 e. The molecular weight excluding hydrogens is 226 g/mol. The van der Waals surface area contributed by atoms with Gasteiger partial charge >= 0.3 is 0 Å². The second kappa shape index (κ2) is 4.72. The molecule has 104 valence electrons. The van der Waals surface area contributed by atoms with E-state index in [1.807, 2.05) is 0 Å². The number of rotatable bonds is 3. The molecule has 0 amide bonds. The van der Waals surface area contributed by atoms with Crippen molar-refractivity contribution < 1.29 is 4.74 Å². The van der Waals surface area contributed by atoms with E-state index in [1.54, 1.807) is 7.11 Å². The fraction of sp³-hybridized carbons (Fsp3) is 0.929. The van der Waals surface area contributed by atoms with Crippen molar-refractivity contribution in [1.29, 1.82) is 0 Å². The number of hydrogen-bond acceptors (Lipinski definition) is 4. The fourth-order valence-electron chi connectivity index (χ4n) is 3.69. The second-order valence-electron chi connectivity index (χ2n) is 6.69. The van der Waals surface area contributed by atoms with Crippen molar-refractivity contribution in [2.24, 2.45) is 22.1 Å². The van der Waals surface area contributed by atoms with E-state index in [2.05, 4.69) is 30.7 Å². The lowest BCUT2D eigenvalue weighted by Crippen LogP contribution is -2.59. The Morgan fingerprint density at radius 3 is 2.78 bits per heavy atom. The number of hydrogen-bond donors (Lipinski definition) is 1. The van der Waals surface area contributed by atoms with Crippen LogP contribution in [0.1, 0.15) is 40.0 Å². The molecule has 2 aliphatic rings. The molecule has 0 radical (unpaired) electrons. The maximum atomic E-state index is 6.08. The van der Waals surface area contributed by atoms with Gasteiger partial charge in [-0.2, -0.15) is 0 Å². The van der Waals surface area contributed by atoms with E-state index in [1.165, 1.54) is 19.3 Å². The first-order valence-electron chi connectivity index (χ1n) is 6.98. The molecule has 4 heteroatoms. The van der Waals surface area contributed by atoms with Crippen molar-refractivity contribution in [3.8, 4) is 0 Å². The molecule has 0 aromatic heterocycles. The first-order chi connectivity index (χ1) is 8.41. The van der Waals surface area contributed by atoms with E-state index in [9.17, 15) is 0 Å². The Hall–Kier alpha value is -0.770. The van der Waals surface area contributed by atoms with Crippen molar-refractivity contribution in [1.82, 2.24) is 4.90 Å². The number of ether oxygens (including phenoxy) is 1. The lowest BCUT2D eigenvalue weighted by molar-refractivity contribution is 0.0179. The number of nitrogens with two attached hydrogens (primary N) is 1. The summed E-state index contributed by atoms with van der Waals surface area (Å²) in [5, 5.41) is 0. The first-order valence-corrected chi connectivity index (χ1v) is 6.98. The summed E-state index contributed by atoms with van der Waals surface area (Å²) in [5.41, 5.74) is 6.68. The van der Waals surface area contributed by atoms with Crippen LogP contribution in [0.3, 0.4) is 0 Å². The molecule has 2 N–H and O–H groups in total. The first kappa shape index (κ1) is 13.7. The van der Waals surface area contributed by atoms with Crippen LogP contribution < -0.4 is 5.73 Å². The van der Waals surface area contributed by atoms with Gasteiger partial charge in [-0.15, -0.1) is 0 Å². The summed E-state index contributed by atoms with van der Waals surface area (Å²) in [6, 6.07) is 0. The maximum absolute atomic E-state index is 6.08. The molecule has 2 unspecified atom stereocenters. The zero-order valence-electron chi connectivity index (χ0n) is 12.2. The van der Waals surface area contributed by atoms with Gasteiger partial charge in [0.05, 0.1) is 18.7 Å². The minimum Gasteiger partial charge on any atom is -0.383 e. The summed E-state index contributed by atoms with van der Waals surface area (Å²) in [5.74, 6) is 1.33. The van der Waals surface area contributed by atoms with Gasteiger partial charge in [-0.25, -0.2) is 0 Å². The van der Waals surface area contributed by atoms with Gasteiger partial charge in [0.2, 0.25) is 0 Å². The van der Waals surface area contributed by atoms with Crippen LogP contribution in [0.5, 0.6) is 0 Å². The Bertz CT molecular complexity index is 340. The average molecular weight is 253 g/mol. The number of guanidine groups is 1. The highest BCUT2D eigenvalue weighted by atomic mass is 16.5. The normalized spacial score (nSPS) is 35.0. The van der Waals surface area contributed by atoms with Crippen molar-refractivity contribution in [2.45, 2.75) is 45.6 Å². The summed E-state index contributed by atoms with van der Waals surface area (Å²) in [7, 11) is 1.74. The third-order valence-corrected chi connectivity index (χ3v) is 4.86. The van der Waals surface area contributed by atoms with E-state index in [0.29, 0.717) is 23.9 Å². The molecule has 0 bridgehead atoms. The molecular formula is C14H27N3O. The number of methoxy groups -OCH3 is 1. The van der Waals surface area contributed by atoms with Gasteiger partial charge in [0.25, 0.3) is 0 Å². The Kier molecular flexibility index (Phi) is 3.58. The zero-order chi connectivity index (χ0) is 13.4. The molecule has 1 aliphatic carbocycles. The molecule has 2 atom stereocenters. The Labute approximate surface area is 111 Å². The van der Waals surface area contributed by atoms with Gasteiger partial charge in [-0.3, -0.25) is 4.99 Å². The molecule has 0 saturated heterocycles. The molecule has 1 saturated carbocycles. The zero-order valence-corrected chi connectivity index (χ0v) is 12.2. The summed E-state index contributed by atoms with van der Waals surface area (Å²) < 4.78 is 5.21. The SMILES string of the molecule is COCCN1C(N)=NCC12CCC(C)(C)CC2C. The Morgan fingerprint density at radius 1 is 1.44 bits per heavy atom. The number of aliphatic imine (C=N–C) groups is 1. The van der Waals surface area contributed by atoms with Gasteiger partial charge in [-0.05, 0) is 30.6 Å². The van der Waals surface area contributed by atoms with Gasteiger partial charge in [0, 0.05) is 13.7 Å². The van der Waals surface area contributed by atoms with Crippen LogP contribution in [-0.4, -0.2) is 43.2 Å². The lowest BCUT2D eigenvalue weighted by Gasteiger charge is -2.51. The van der Waals surface area contributed by atoms with Crippen LogP contribution in [0.15, 0.2) is 4.99 Å². The maximum Gasteiger partial charge on any atom is 0.191 e. The van der Waals surface area contributed by atoms with Crippen molar-refractivity contribution in [2.75, 3.05) is 26.8 Å². The van der Waals surface area contributed by atoms with E-state index in [0.717, 1.165) is 13.1 Å². The van der Waals surface area contributed by atoms with E-state index in [4.69, 9.17) is 10.5 Å². The third-order valence-electron chi connectivity index (χ3n) is 4.86. The van der Waals surface area contributed by atoms with Crippen LogP contribution in [0.25, 0.3) is 0 Å². The minimum absolute atomic E-state index is 0.151. The van der Waals surface area contributed by atoms with Gasteiger partial charge < -0.3 is 15.4 Å². The molecule has 1 fully saturated rings. The summed E-state index contributed by atoms with van der Waals surface area (Å²) in [6.45, 7) is 9.53. The van der Waals surface area contributed by atoms with Crippen molar-refractivity contribution in [3.05, 3.63) is 0 Å². The second-order valence-corrected chi connectivity index (χ2v) is 6.69. The highest BCUT2D eigenvalue weighted by Crippen LogP contribution is 2.48. The topological polar surface area (TPSA) is 50.9 Å². The van der Waals surface area contributed by atoms with Crippen molar-refractivity contribution in [3.63, 3.8) is 0 Å². The predicted molar refractivity (Wildman–Crippen MR) is 74.6 cm³/mol. The van der Waals surface area contributed by atoms with Crippen LogP contribution in [0, 0.1) is 11.3 Å². The third kappa shape index (κ3) is 2.22.